The average Bonchev–Trinajstić information content (AvgIpc) is 2.49. The Kier molecular flexibility index (Phi) is 10.5. The minimum absolute atomic E-state index is 0.0650. The van der Waals surface area contributed by atoms with Crippen LogP contribution in [-0.4, -0.2) is 64.1 Å². The second-order valence-electron chi connectivity index (χ2n) is 4.54. The SMILES string of the molecule is C=CCSCC(NC(=O)CCC(N)C(=O)O)C(=O)NCC(=O)O. The molecule has 6 N–H and O–H groups in total. The minimum Gasteiger partial charge on any atom is -0.480 e. The predicted molar refractivity (Wildman–Crippen MR) is 84.9 cm³/mol. The van der Waals surface area contributed by atoms with Crippen molar-refractivity contribution in [2.24, 2.45) is 5.73 Å². The highest BCUT2D eigenvalue weighted by Gasteiger charge is 2.22. The number of amides is 2. The first-order valence-electron chi connectivity index (χ1n) is 6.73. The van der Waals surface area contributed by atoms with E-state index in [2.05, 4.69) is 17.2 Å². The number of carboxylic acids is 2. The molecule has 0 fully saturated rings. The number of nitrogens with one attached hydrogen (secondary N) is 2. The molecule has 0 aromatic carbocycles. The summed E-state index contributed by atoms with van der Waals surface area (Å²) in [4.78, 5) is 44.7. The lowest BCUT2D eigenvalue weighted by Crippen LogP contribution is -2.49. The fourth-order valence-corrected chi connectivity index (χ4v) is 2.19. The van der Waals surface area contributed by atoms with E-state index in [1.807, 2.05) is 0 Å². The molecule has 0 aliphatic heterocycles. The summed E-state index contributed by atoms with van der Waals surface area (Å²) in [5.74, 6) is -2.78. The third kappa shape index (κ3) is 10.3. The molecular formula is C13H21N3O6S. The van der Waals surface area contributed by atoms with Crippen molar-refractivity contribution in [1.29, 1.82) is 0 Å². The molecular weight excluding hydrogens is 326 g/mol. The van der Waals surface area contributed by atoms with Crippen LogP contribution in [0.2, 0.25) is 0 Å². The first-order valence-corrected chi connectivity index (χ1v) is 7.89. The van der Waals surface area contributed by atoms with E-state index in [0.29, 0.717) is 5.75 Å². The summed E-state index contributed by atoms with van der Waals surface area (Å²) in [5.41, 5.74) is 5.30. The minimum atomic E-state index is -1.21. The summed E-state index contributed by atoms with van der Waals surface area (Å²) >= 11 is 1.34. The van der Waals surface area contributed by atoms with Crippen molar-refractivity contribution in [3.05, 3.63) is 12.7 Å². The monoisotopic (exact) mass is 347 g/mol. The zero-order valence-corrected chi connectivity index (χ0v) is 13.3. The smallest absolute Gasteiger partial charge is 0.322 e. The maximum atomic E-state index is 11.9. The molecule has 0 aliphatic carbocycles. The van der Waals surface area contributed by atoms with Crippen molar-refractivity contribution in [3.8, 4) is 0 Å². The van der Waals surface area contributed by atoms with Crippen LogP contribution in [0.1, 0.15) is 12.8 Å². The third-order valence-corrected chi connectivity index (χ3v) is 3.63. The topological polar surface area (TPSA) is 159 Å². The Morgan fingerprint density at radius 2 is 1.91 bits per heavy atom. The number of carbonyl (C=O) groups is 4. The predicted octanol–water partition coefficient (Wildman–Crippen LogP) is -1.22. The molecule has 2 atom stereocenters. The Hall–Kier alpha value is -2.07. The van der Waals surface area contributed by atoms with Gasteiger partial charge in [-0.1, -0.05) is 6.08 Å². The second-order valence-corrected chi connectivity index (χ2v) is 5.62. The van der Waals surface area contributed by atoms with Gasteiger partial charge >= 0.3 is 11.9 Å². The van der Waals surface area contributed by atoms with E-state index in [4.69, 9.17) is 15.9 Å². The maximum absolute atomic E-state index is 11.9. The summed E-state index contributed by atoms with van der Waals surface area (Å²) in [7, 11) is 0. The summed E-state index contributed by atoms with van der Waals surface area (Å²) in [5, 5.41) is 21.8. The van der Waals surface area contributed by atoms with Gasteiger partial charge in [0.25, 0.3) is 0 Å². The zero-order chi connectivity index (χ0) is 17.8. The van der Waals surface area contributed by atoms with E-state index < -0.39 is 42.4 Å². The van der Waals surface area contributed by atoms with Gasteiger partial charge in [0.2, 0.25) is 11.8 Å². The van der Waals surface area contributed by atoms with E-state index in [9.17, 15) is 19.2 Å². The molecule has 0 spiro atoms. The molecule has 10 heteroatoms. The van der Waals surface area contributed by atoms with Crippen molar-refractivity contribution in [1.82, 2.24) is 10.6 Å². The van der Waals surface area contributed by atoms with Crippen LogP contribution in [0.4, 0.5) is 0 Å². The van der Waals surface area contributed by atoms with Gasteiger partial charge in [-0.2, -0.15) is 11.8 Å². The molecule has 130 valence electrons. The van der Waals surface area contributed by atoms with E-state index >= 15 is 0 Å². The van der Waals surface area contributed by atoms with Crippen LogP contribution in [0.5, 0.6) is 0 Å². The number of nitrogens with two attached hydrogens (primary N) is 1. The van der Waals surface area contributed by atoms with Gasteiger partial charge in [0.05, 0.1) is 0 Å². The largest absolute Gasteiger partial charge is 0.480 e. The molecule has 23 heavy (non-hydrogen) atoms. The highest BCUT2D eigenvalue weighted by atomic mass is 32.2. The van der Waals surface area contributed by atoms with Crippen molar-refractivity contribution < 1.29 is 29.4 Å². The lowest BCUT2D eigenvalue weighted by Gasteiger charge is -2.18. The molecule has 0 saturated carbocycles. The normalized spacial score (nSPS) is 12.7. The van der Waals surface area contributed by atoms with Crippen LogP contribution in [-0.2, 0) is 19.2 Å². The second kappa shape index (κ2) is 11.5. The number of hydrogen-bond acceptors (Lipinski definition) is 6. The van der Waals surface area contributed by atoms with Crippen molar-refractivity contribution in [2.45, 2.75) is 24.9 Å². The Balaban J connectivity index is 4.50. The number of thioether (sulfide) groups is 1. The molecule has 9 nitrogen and oxygen atoms in total. The van der Waals surface area contributed by atoms with Crippen LogP contribution < -0.4 is 16.4 Å². The fourth-order valence-electron chi connectivity index (χ4n) is 1.41. The van der Waals surface area contributed by atoms with E-state index in [1.54, 1.807) is 6.08 Å². The molecule has 2 unspecified atom stereocenters. The molecule has 2 amide bonds. The molecule has 0 aliphatic rings. The van der Waals surface area contributed by atoms with Gasteiger partial charge in [-0.25, -0.2) is 0 Å². The van der Waals surface area contributed by atoms with Crippen LogP contribution in [0.15, 0.2) is 12.7 Å². The highest BCUT2D eigenvalue weighted by Crippen LogP contribution is 2.04. The number of rotatable bonds is 12. The van der Waals surface area contributed by atoms with Crippen LogP contribution >= 0.6 is 11.8 Å². The quantitative estimate of drug-likeness (QED) is 0.217. The summed E-state index contributed by atoms with van der Waals surface area (Å²) in [6.07, 6.45) is 1.41. The summed E-state index contributed by atoms with van der Waals surface area (Å²) in [6.45, 7) is 2.98. The molecule has 0 saturated heterocycles. The number of aliphatic carboxylic acids is 2. The van der Waals surface area contributed by atoms with Gasteiger partial charge in [0, 0.05) is 17.9 Å². The summed E-state index contributed by atoms with van der Waals surface area (Å²) in [6, 6.07) is -2.08. The number of carbonyl (C=O) groups excluding carboxylic acids is 2. The standard InChI is InChI=1S/C13H21N3O6S/c1-2-5-23-7-9(12(20)15-6-11(18)19)16-10(17)4-3-8(14)13(21)22/h2,8-9H,1,3-7,14H2,(H,15,20)(H,16,17)(H,18,19)(H,21,22). The molecule has 0 bridgehead atoms. The van der Waals surface area contributed by atoms with Gasteiger partial charge < -0.3 is 26.6 Å². The van der Waals surface area contributed by atoms with E-state index in [0.717, 1.165) is 0 Å². The summed E-state index contributed by atoms with van der Waals surface area (Å²) < 4.78 is 0. The Bertz CT molecular complexity index is 457. The highest BCUT2D eigenvalue weighted by molar-refractivity contribution is 7.99. The van der Waals surface area contributed by atoms with E-state index in [-0.39, 0.29) is 18.6 Å². The van der Waals surface area contributed by atoms with Crippen molar-refractivity contribution in [3.63, 3.8) is 0 Å². The van der Waals surface area contributed by atoms with Crippen LogP contribution in [0.3, 0.4) is 0 Å². The van der Waals surface area contributed by atoms with Crippen molar-refractivity contribution in [2.75, 3.05) is 18.1 Å². The van der Waals surface area contributed by atoms with Crippen molar-refractivity contribution >= 4 is 35.5 Å². The first kappa shape index (κ1) is 20.9. The van der Waals surface area contributed by atoms with Gasteiger partial charge in [-0.15, -0.1) is 6.58 Å². The Labute approximate surface area is 137 Å². The maximum Gasteiger partial charge on any atom is 0.322 e. The molecule has 0 aromatic heterocycles. The molecule has 0 radical (unpaired) electrons. The van der Waals surface area contributed by atoms with Gasteiger partial charge in [0.15, 0.2) is 0 Å². The number of carboxylic acid groups (broad SMARTS) is 2. The van der Waals surface area contributed by atoms with Crippen LogP contribution in [0, 0.1) is 0 Å². The van der Waals surface area contributed by atoms with Gasteiger partial charge in [-0.05, 0) is 6.42 Å². The Morgan fingerprint density at radius 1 is 1.26 bits per heavy atom. The first-order chi connectivity index (χ1) is 10.8. The molecule has 0 rings (SSSR count). The van der Waals surface area contributed by atoms with Crippen LogP contribution in [0.25, 0.3) is 0 Å². The lowest BCUT2D eigenvalue weighted by atomic mass is 10.1. The average molecular weight is 347 g/mol. The lowest BCUT2D eigenvalue weighted by molar-refractivity contribution is -0.139. The van der Waals surface area contributed by atoms with Gasteiger partial charge in [0.1, 0.15) is 18.6 Å². The van der Waals surface area contributed by atoms with Gasteiger partial charge in [-0.3, -0.25) is 19.2 Å². The van der Waals surface area contributed by atoms with E-state index in [1.165, 1.54) is 11.8 Å². The Morgan fingerprint density at radius 3 is 2.43 bits per heavy atom. The molecule has 0 heterocycles. The third-order valence-electron chi connectivity index (χ3n) is 2.59. The number of hydrogen-bond donors (Lipinski definition) is 5. The zero-order valence-electron chi connectivity index (χ0n) is 12.5. The molecule has 0 aromatic rings. The fraction of sp³-hybridized carbons (Fsp3) is 0.538.